The SMILES string of the molecule is CCCNC(C)c1c(F)cccc1N1CC(O)C(O)C1. The fourth-order valence-electron chi connectivity index (χ4n) is 2.66. The number of rotatable bonds is 5. The van der Waals surface area contributed by atoms with Crippen molar-refractivity contribution in [2.24, 2.45) is 0 Å². The number of anilines is 1. The number of nitrogens with zero attached hydrogens (tertiary/aromatic N) is 1. The van der Waals surface area contributed by atoms with Crippen LogP contribution in [-0.4, -0.2) is 42.1 Å². The molecule has 5 heteroatoms. The molecule has 2 rings (SSSR count). The maximum atomic E-state index is 14.2. The van der Waals surface area contributed by atoms with Gasteiger partial charge in [-0.3, -0.25) is 0 Å². The molecule has 1 heterocycles. The standard InChI is InChI=1S/C15H23FN2O2/c1-3-7-17-10(2)15-11(16)5-4-6-12(15)18-8-13(19)14(20)9-18/h4-6,10,13-14,17,19-20H,3,7-9H2,1-2H3. The molecule has 1 saturated heterocycles. The summed E-state index contributed by atoms with van der Waals surface area (Å²) in [6.07, 6.45) is -0.565. The number of halogens is 1. The van der Waals surface area contributed by atoms with Crippen LogP contribution >= 0.6 is 0 Å². The Morgan fingerprint density at radius 3 is 2.60 bits per heavy atom. The lowest BCUT2D eigenvalue weighted by molar-refractivity contribution is 0.0572. The van der Waals surface area contributed by atoms with E-state index >= 15 is 0 Å². The predicted molar refractivity (Wildman–Crippen MR) is 77.3 cm³/mol. The maximum Gasteiger partial charge on any atom is 0.130 e. The molecule has 0 spiro atoms. The lowest BCUT2D eigenvalue weighted by Crippen LogP contribution is -2.27. The molecule has 0 aromatic heterocycles. The Bertz CT molecular complexity index is 445. The van der Waals surface area contributed by atoms with Gasteiger partial charge >= 0.3 is 0 Å². The fourth-order valence-corrected chi connectivity index (χ4v) is 2.66. The second kappa shape index (κ2) is 6.52. The Balaban J connectivity index is 2.27. The molecule has 3 atom stereocenters. The van der Waals surface area contributed by atoms with E-state index in [0.29, 0.717) is 18.7 Å². The van der Waals surface area contributed by atoms with Gasteiger partial charge in [0.15, 0.2) is 0 Å². The summed E-state index contributed by atoms with van der Waals surface area (Å²) in [4.78, 5) is 1.85. The number of aliphatic hydroxyl groups is 2. The quantitative estimate of drug-likeness (QED) is 0.765. The summed E-state index contributed by atoms with van der Waals surface area (Å²) in [7, 11) is 0. The van der Waals surface area contributed by atoms with Gasteiger partial charge in [-0.25, -0.2) is 4.39 Å². The smallest absolute Gasteiger partial charge is 0.130 e. The Hall–Kier alpha value is -1.17. The summed E-state index contributed by atoms with van der Waals surface area (Å²) in [5, 5.41) is 22.6. The van der Waals surface area contributed by atoms with Crippen molar-refractivity contribution >= 4 is 5.69 Å². The summed E-state index contributed by atoms with van der Waals surface area (Å²) in [5.74, 6) is -0.255. The van der Waals surface area contributed by atoms with Crippen LogP contribution in [0.3, 0.4) is 0 Å². The molecule has 0 aliphatic carbocycles. The molecular weight excluding hydrogens is 259 g/mol. The first-order valence-electron chi connectivity index (χ1n) is 7.17. The van der Waals surface area contributed by atoms with Crippen LogP contribution in [0.15, 0.2) is 18.2 Å². The molecule has 4 nitrogen and oxygen atoms in total. The molecule has 0 saturated carbocycles. The lowest BCUT2D eigenvalue weighted by Gasteiger charge is -2.25. The van der Waals surface area contributed by atoms with Gasteiger partial charge in [-0.1, -0.05) is 13.0 Å². The number of nitrogens with one attached hydrogen (secondary N) is 1. The number of β-amino-alcohol motifs (C(OH)–C–C–N with tert-alkyl or cyclic N) is 2. The van der Waals surface area contributed by atoms with Gasteiger partial charge in [-0.2, -0.15) is 0 Å². The minimum Gasteiger partial charge on any atom is -0.389 e. The molecule has 0 amide bonds. The van der Waals surface area contributed by atoms with Gasteiger partial charge in [0, 0.05) is 30.4 Å². The van der Waals surface area contributed by atoms with Crippen LogP contribution < -0.4 is 10.2 Å². The van der Waals surface area contributed by atoms with E-state index in [9.17, 15) is 14.6 Å². The van der Waals surface area contributed by atoms with Gasteiger partial charge in [0.1, 0.15) is 5.82 Å². The van der Waals surface area contributed by atoms with Crippen molar-refractivity contribution in [2.45, 2.75) is 38.5 Å². The van der Waals surface area contributed by atoms with Crippen molar-refractivity contribution in [1.82, 2.24) is 5.32 Å². The summed E-state index contributed by atoms with van der Waals surface area (Å²) in [6, 6.07) is 4.85. The van der Waals surface area contributed by atoms with E-state index in [2.05, 4.69) is 12.2 Å². The number of aliphatic hydroxyl groups excluding tert-OH is 2. The number of hydrogen-bond donors (Lipinski definition) is 3. The van der Waals surface area contributed by atoms with Crippen molar-refractivity contribution < 1.29 is 14.6 Å². The van der Waals surface area contributed by atoms with Crippen LogP contribution in [0.4, 0.5) is 10.1 Å². The molecule has 1 aromatic rings. The average molecular weight is 282 g/mol. The molecule has 1 aliphatic heterocycles. The van der Waals surface area contributed by atoms with Crippen LogP contribution in [0, 0.1) is 5.82 Å². The topological polar surface area (TPSA) is 55.7 Å². The summed E-state index contributed by atoms with van der Waals surface area (Å²) in [5.41, 5.74) is 1.35. The highest BCUT2D eigenvalue weighted by Crippen LogP contribution is 2.31. The Morgan fingerprint density at radius 1 is 1.35 bits per heavy atom. The minimum atomic E-state index is -0.773. The van der Waals surface area contributed by atoms with E-state index in [4.69, 9.17) is 0 Å². The van der Waals surface area contributed by atoms with Gasteiger partial charge in [0.05, 0.1) is 12.2 Å². The number of hydrogen-bond acceptors (Lipinski definition) is 4. The molecule has 1 fully saturated rings. The molecule has 0 bridgehead atoms. The Labute approximate surface area is 119 Å². The minimum absolute atomic E-state index is 0.110. The van der Waals surface area contributed by atoms with Crippen LogP contribution in [-0.2, 0) is 0 Å². The molecule has 3 N–H and O–H groups in total. The second-order valence-electron chi connectivity index (χ2n) is 5.39. The summed E-state index contributed by atoms with van der Waals surface area (Å²) in [6.45, 7) is 5.48. The van der Waals surface area contributed by atoms with E-state index in [0.717, 1.165) is 18.7 Å². The van der Waals surface area contributed by atoms with Crippen LogP contribution in [0.2, 0.25) is 0 Å². The normalized spacial score (nSPS) is 24.1. The van der Waals surface area contributed by atoms with E-state index < -0.39 is 12.2 Å². The van der Waals surface area contributed by atoms with E-state index in [-0.39, 0.29) is 11.9 Å². The fraction of sp³-hybridized carbons (Fsp3) is 0.600. The first kappa shape index (κ1) is 15.2. The second-order valence-corrected chi connectivity index (χ2v) is 5.39. The average Bonchev–Trinajstić information content (AvgIpc) is 2.75. The molecule has 20 heavy (non-hydrogen) atoms. The monoisotopic (exact) mass is 282 g/mol. The lowest BCUT2D eigenvalue weighted by atomic mass is 10.0. The van der Waals surface area contributed by atoms with Crippen molar-refractivity contribution in [3.63, 3.8) is 0 Å². The van der Waals surface area contributed by atoms with E-state index in [1.807, 2.05) is 17.9 Å². The molecule has 0 radical (unpaired) electrons. The molecule has 3 unspecified atom stereocenters. The molecule has 1 aromatic carbocycles. The highest BCUT2D eigenvalue weighted by molar-refractivity contribution is 5.56. The van der Waals surface area contributed by atoms with Crippen molar-refractivity contribution in [3.8, 4) is 0 Å². The van der Waals surface area contributed by atoms with Gasteiger partial charge < -0.3 is 20.4 Å². The highest BCUT2D eigenvalue weighted by atomic mass is 19.1. The van der Waals surface area contributed by atoms with E-state index in [1.165, 1.54) is 6.07 Å². The van der Waals surface area contributed by atoms with Crippen molar-refractivity contribution in [3.05, 3.63) is 29.6 Å². The first-order valence-corrected chi connectivity index (χ1v) is 7.17. The zero-order valence-electron chi connectivity index (χ0n) is 12.0. The third-order valence-corrected chi connectivity index (χ3v) is 3.76. The first-order chi connectivity index (χ1) is 9.54. The summed E-state index contributed by atoms with van der Waals surface area (Å²) >= 11 is 0. The van der Waals surface area contributed by atoms with Gasteiger partial charge in [0.2, 0.25) is 0 Å². The molecule has 112 valence electrons. The third kappa shape index (κ3) is 3.11. The van der Waals surface area contributed by atoms with Gasteiger partial charge in [-0.15, -0.1) is 0 Å². The van der Waals surface area contributed by atoms with Gasteiger partial charge in [-0.05, 0) is 32.0 Å². The zero-order valence-corrected chi connectivity index (χ0v) is 12.0. The van der Waals surface area contributed by atoms with Crippen LogP contribution in [0.5, 0.6) is 0 Å². The highest BCUT2D eigenvalue weighted by Gasteiger charge is 2.31. The van der Waals surface area contributed by atoms with Crippen LogP contribution in [0.1, 0.15) is 31.9 Å². The van der Waals surface area contributed by atoms with Crippen molar-refractivity contribution in [1.29, 1.82) is 0 Å². The number of benzene rings is 1. The van der Waals surface area contributed by atoms with E-state index in [1.54, 1.807) is 6.07 Å². The largest absolute Gasteiger partial charge is 0.389 e. The molecular formula is C15H23FN2O2. The Kier molecular flexibility index (Phi) is 4.96. The summed E-state index contributed by atoms with van der Waals surface area (Å²) < 4.78 is 14.2. The zero-order chi connectivity index (χ0) is 14.7. The van der Waals surface area contributed by atoms with Crippen molar-refractivity contribution in [2.75, 3.05) is 24.5 Å². The predicted octanol–water partition coefficient (Wildman–Crippen LogP) is 1.43. The maximum absolute atomic E-state index is 14.2. The molecule has 1 aliphatic rings. The third-order valence-electron chi connectivity index (χ3n) is 3.76. The van der Waals surface area contributed by atoms with Gasteiger partial charge in [0.25, 0.3) is 0 Å². The Morgan fingerprint density at radius 2 is 2.00 bits per heavy atom. The van der Waals surface area contributed by atoms with Crippen LogP contribution in [0.25, 0.3) is 0 Å².